The molecule has 0 bridgehead atoms. The highest BCUT2D eigenvalue weighted by Gasteiger charge is 2.51. The minimum Gasteiger partial charge on any atom is -0.272 e. The number of carbonyl (C=O) groups is 3. The van der Waals surface area contributed by atoms with E-state index in [-0.39, 0.29) is 22.5 Å². The highest BCUT2D eigenvalue weighted by Crippen LogP contribution is 2.37. The lowest BCUT2D eigenvalue weighted by molar-refractivity contribution is -0.385. The summed E-state index contributed by atoms with van der Waals surface area (Å²) < 4.78 is 0. The van der Waals surface area contributed by atoms with Gasteiger partial charge in [0.05, 0.1) is 33.8 Å². The molecule has 0 saturated carbocycles. The highest BCUT2D eigenvalue weighted by atomic mass is 16.6. The van der Waals surface area contributed by atoms with E-state index in [9.17, 15) is 34.6 Å². The van der Waals surface area contributed by atoms with Gasteiger partial charge in [0, 0.05) is 23.8 Å². The Morgan fingerprint density at radius 2 is 1.48 bits per heavy atom. The second kappa shape index (κ2) is 8.61. The molecular formula is C22H18N4O7. The molecule has 168 valence electrons. The largest absolute Gasteiger partial charge is 0.274 e. The van der Waals surface area contributed by atoms with Crippen molar-refractivity contribution in [3.8, 4) is 0 Å². The van der Waals surface area contributed by atoms with Gasteiger partial charge >= 0.3 is 0 Å². The Bertz CT molecular complexity index is 1170. The van der Waals surface area contributed by atoms with E-state index in [0.717, 1.165) is 22.2 Å². The zero-order valence-corrected chi connectivity index (χ0v) is 17.2. The number of allylic oxidation sites excluding steroid dienone is 2. The third-order valence-electron chi connectivity index (χ3n) is 5.79. The number of imide groups is 1. The number of benzene rings is 2. The molecule has 1 saturated heterocycles. The van der Waals surface area contributed by atoms with E-state index < -0.39 is 45.9 Å². The second-order valence-electron chi connectivity index (χ2n) is 7.70. The molecule has 1 aliphatic heterocycles. The van der Waals surface area contributed by atoms with Crippen molar-refractivity contribution in [2.45, 2.75) is 19.4 Å². The first-order chi connectivity index (χ1) is 15.8. The van der Waals surface area contributed by atoms with Gasteiger partial charge in [-0.15, -0.1) is 0 Å². The van der Waals surface area contributed by atoms with Crippen molar-refractivity contribution in [1.29, 1.82) is 0 Å². The van der Waals surface area contributed by atoms with Crippen molar-refractivity contribution < 1.29 is 24.2 Å². The van der Waals surface area contributed by atoms with Gasteiger partial charge in [0.2, 0.25) is 0 Å². The number of nitro benzene ring substituents is 2. The summed E-state index contributed by atoms with van der Waals surface area (Å²) in [6.45, 7) is -0.405. The predicted octanol–water partition coefficient (Wildman–Crippen LogP) is 3.01. The van der Waals surface area contributed by atoms with E-state index in [2.05, 4.69) is 0 Å². The number of nitrogens with zero attached hydrogens (tertiary/aromatic N) is 4. The molecule has 0 N–H and O–H groups in total. The molecule has 2 aromatic carbocycles. The Morgan fingerprint density at radius 1 is 0.909 bits per heavy atom. The Labute approximate surface area is 187 Å². The van der Waals surface area contributed by atoms with E-state index >= 15 is 0 Å². The van der Waals surface area contributed by atoms with Crippen LogP contribution in [0.25, 0.3) is 0 Å². The first kappa shape index (κ1) is 21.8. The van der Waals surface area contributed by atoms with E-state index in [1.807, 2.05) is 0 Å². The third kappa shape index (κ3) is 3.95. The molecule has 3 amide bonds. The van der Waals surface area contributed by atoms with Gasteiger partial charge < -0.3 is 0 Å². The van der Waals surface area contributed by atoms with Gasteiger partial charge in [0.1, 0.15) is 0 Å². The Hall–Kier alpha value is -4.41. The summed E-state index contributed by atoms with van der Waals surface area (Å²) in [5, 5.41) is 24.1. The van der Waals surface area contributed by atoms with Gasteiger partial charge in [0.25, 0.3) is 29.1 Å². The monoisotopic (exact) mass is 450 g/mol. The maximum absolute atomic E-state index is 13.4. The molecule has 2 atom stereocenters. The molecule has 0 radical (unpaired) electrons. The van der Waals surface area contributed by atoms with Crippen molar-refractivity contribution >= 4 is 29.1 Å². The summed E-state index contributed by atoms with van der Waals surface area (Å²) >= 11 is 0. The van der Waals surface area contributed by atoms with Crippen molar-refractivity contribution in [2.75, 3.05) is 0 Å². The average Bonchev–Trinajstić information content (AvgIpc) is 3.07. The fraction of sp³-hybridized carbons (Fsp3) is 0.227. The molecule has 2 aliphatic rings. The summed E-state index contributed by atoms with van der Waals surface area (Å²) in [7, 11) is 0. The van der Waals surface area contributed by atoms with Crippen LogP contribution in [-0.2, 0) is 16.1 Å². The van der Waals surface area contributed by atoms with Crippen molar-refractivity contribution in [1.82, 2.24) is 10.0 Å². The van der Waals surface area contributed by atoms with Gasteiger partial charge in [-0.05, 0) is 25.0 Å². The lowest BCUT2D eigenvalue weighted by Crippen LogP contribution is -2.49. The van der Waals surface area contributed by atoms with Crippen LogP contribution in [0.5, 0.6) is 0 Å². The third-order valence-corrected chi connectivity index (χ3v) is 5.79. The van der Waals surface area contributed by atoms with Crippen LogP contribution >= 0.6 is 0 Å². The van der Waals surface area contributed by atoms with E-state index in [0.29, 0.717) is 12.8 Å². The van der Waals surface area contributed by atoms with Crippen LogP contribution in [0.1, 0.15) is 28.8 Å². The fourth-order valence-electron chi connectivity index (χ4n) is 4.11. The van der Waals surface area contributed by atoms with Crippen molar-refractivity contribution in [3.63, 3.8) is 0 Å². The minimum absolute atomic E-state index is 0.00668. The van der Waals surface area contributed by atoms with Gasteiger partial charge in [-0.25, -0.2) is 5.01 Å². The van der Waals surface area contributed by atoms with Crippen LogP contribution in [0.4, 0.5) is 11.4 Å². The molecular weight excluding hydrogens is 432 g/mol. The molecule has 33 heavy (non-hydrogen) atoms. The SMILES string of the molecule is O=C(c1ccc([N+](=O)[O-])cc1)N(Cc1ccccc1[N+](=O)[O-])N1C(=O)[C@H]2CC=CC[C@H]2C1=O. The molecule has 0 spiro atoms. The lowest BCUT2D eigenvalue weighted by Gasteiger charge is -2.30. The maximum atomic E-state index is 13.4. The zero-order chi connectivity index (χ0) is 23.7. The number of fused-ring (bicyclic) bond motifs is 1. The summed E-state index contributed by atoms with van der Waals surface area (Å²) in [5.41, 5.74) is -0.376. The molecule has 1 heterocycles. The van der Waals surface area contributed by atoms with Crippen LogP contribution in [0.2, 0.25) is 0 Å². The van der Waals surface area contributed by atoms with Crippen LogP contribution in [0, 0.1) is 32.1 Å². The van der Waals surface area contributed by atoms with Crippen molar-refractivity contribution in [3.05, 3.63) is 92.0 Å². The van der Waals surface area contributed by atoms with Crippen molar-refractivity contribution in [2.24, 2.45) is 11.8 Å². The number of hydrogen-bond donors (Lipinski definition) is 0. The number of hydrogen-bond acceptors (Lipinski definition) is 7. The number of amides is 3. The van der Waals surface area contributed by atoms with E-state index in [1.165, 1.54) is 30.3 Å². The molecule has 1 aliphatic carbocycles. The van der Waals surface area contributed by atoms with Gasteiger partial charge in [-0.3, -0.25) is 34.6 Å². The second-order valence-corrected chi connectivity index (χ2v) is 7.70. The number of nitro groups is 2. The predicted molar refractivity (Wildman–Crippen MR) is 113 cm³/mol. The molecule has 2 aromatic rings. The van der Waals surface area contributed by atoms with Crippen LogP contribution in [0.3, 0.4) is 0 Å². The lowest BCUT2D eigenvalue weighted by atomic mass is 9.85. The average molecular weight is 450 g/mol. The molecule has 0 unspecified atom stereocenters. The molecule has 4 rings (SSSR count). The number of non-ortho nitro benzene ring substituents is 1. The highest BCUT2D eigenvalue weighted by molar-refractivity contribution is 6.08. The number of para-hydroxylation sites is 1. The first-order valence-electron chi connectivity index (χ1n) is 10.1. The normalized spacial score (nSPS) is 19.3. The summed E-state index contributed by atoms with van der Waals surface area (Å²) in [4.78, 5) is 60.9. The van der Waals surface area contributed by atoms with Gasteiger partial charge in [0.15, 0.2) is 0 Å². The quantitative estimate of drug-likeness (QED) is 0.285. The Morgan fingerprint density at radius 3 is 2.03 bits per heavy atom. The van der Waals surface area contributed by atoms with E-state index in [4.69, 9.17) is 0 Å². The fourth-order valence-corrected chi connectivity index (χ4v) is 4.11. The number of rotatable bonds is 6. The molecule has 1 fully saturated rings. The molecule has 11 heteroatoms. The van der Waals surface area contributed by atoms with Crippen LogP contribution < -0.4 is 0 Å². The topological polar surface area (TPSA) is 144 Å². The smallest absolute Gasteiger partial charge is 0.272 e. The Balaban J connectivity index is 1.75. The summed E-state index contributed by atoms with van der Waals surface area (Å²) in [5.74, 6) is -3.11. The van der Waals surface area contributed by atoms with Gasteiger partial charge in [-0.2, -0.15) is 5.01 Å². The summed E-state index contributed by atoms with van der Waals surface area (Å²) in [6, 6.07) is 10.4. The zero-order valence-electron chi connectivity index (χ0n) is 17.2. The standard InChI is InChI=1S/C22H18N4O7/c27-20(14-9-11-16(12-10-14)25(30)31)23(13-15-5-1-4-8-19(15)26(32)33)24-21(28)17-6-2-3-7-18(17)22(24)29/h1-5,8-12,17-18H,6-7,13H2/t17-,18+. The molecule has 0 aromatic heterocycles. The minimum atomic E-state index is -0.781. The number of carbonyl (C=O) groups excluding carboxylic acids is 3. The van der Waals surface area contributed by atoms with E-state index in [1.54, 1.807) is 18.2 Å². The van der Waals surface area contributed by atoms with Crippen LogP contribution in [-0.4, -0.2) is 37.6 Å². The van der Waals surface area contributed by atoms with Gasteiger partial charge in [-0.1, -0.05) is 30.4 Å². The Kier molecular flexibility index (Phi) is 5.69. The maximum Gasteiger partial charge on any atom is 0.274 e. The first-order valence-corrected chi connectivity index (χ1v) is 10.1. The molecule has 11 nitrogen and oxygen atoms in total. The van der Waals surface area contributed by atoms with Crippen LogP contribution in [0.15, 0.2) is 60.7 Å². The summed E-state index contributed by atoms with van der Waals surface area (Å²) in [6.07, 6.45) is 4.33. The number of hydrazine groups is 1.